The molecule has 6 nitrogen and oxygen atoms in total. The highest BCUT2D eigenvalue weighted by atomic mass is 16.5. The number of aryl methyl sites for hydroxylation is 2. The molecule has 22 heavy (non-hydrogen) atoms. The smallest absolute Gasteiger partial charge is 0.315 e. The van der Waals surface area contributed by atoms with Gasteiger partial charge in [-0.25, -0.2) is 4.79 Å². The third-order valence-corrected chi connectivity index (χ3v) is 4.08. The van der Waals surface area contributed by atoms with E-state index in [1.807, 2.05) is 18.5 Å². The molecule has 6 heteroatoms. The molecule has 1 aromatic heterocycles. The number of hydrogen-bond acceptors (Lipinski definition) is 3. The number of ether oxygens (including phenoxy) is 1. The lowest BCUT2D eigenvalue weighted by Crippen LogP contribution is -2.47. The van der Waals surface area contributed by atoms with Crippen LogP contribution in [0.1, 0.15) is 38.1 Å². The Morgan fingerprint density at radius 3 is 2.86 bits per heavy atom. The van der Waals surface area contributed by atoms with E-state index in [0.29, 0.717) is 12.5 Å². The number of urea groups is 1. The highest BCUT2D eigenvalue weighted by Crippen LogP contribution is 2.15. The topological polar surface area (TPSA) is 68.2 Å². The van der Waals surface area contributed by atoms with E-state index >= 15 is 0 Å². The lowest BCUT2D eigenvalue weighted by atomic mass is 10.1. The number of nitrogens with one attached hydrogen (secondary N) is 2. The molecule has 1 aliphatic heterocycles. The first-order valence-electron chi connectivity index (χ1n) is 8.12. The summed E-state index contributed by atoms with van der Waals surface area (Å²) in [5.41, 5.74) is 2.18. The Kier molecular flexibility index (Phi) is 5.83. The summed E-state index contributed by atoms with van der Waals surface area (Å²) in [6, 6.07) is 1.99. The molecule has 0 aromatic carbocycles. The molecule has 2 amide bonds. The van der Waals surface area contributed by atoms with Crippen molar-refractivity contribution in [2.24, 2.45) is 5.92 Å². The molecule has 0 radical (unpaired) electrons. The van der Waals surface area contributed by atoms with Crippen molar-refractivity contribution < 1.29 is 9.53 Å². The Morgan fingerprint density at radius 2 is 2.27 bits per heavy atom. The summed E-state index contributed by atoms with van der Waals surface area (Å²) in [5, 5.41) is 10.3. The third-order valence-electron chi connectivity index (χ3n) is 4.08. The van der Waals surface area contributed by atoms with Crippen molar-refractivity contribution in [1.82, 2.24) is 20.4 Å². The molecule has 3 atom stereocenters. The Balaban J connectivity index is 1.70. The first-order valence-corrected chi connectivity index (χ1v) is 8.12. The number of rotatable bonds is 6. The fraction of sp³-hybridized carbons (Fsp3) is 0.750. The molecule has 2 N–H and O–H groups in total. The SMILES string of the molecule is Cc1cc(C)n(C[C@H](C)CNC(=O)N[C@H](C)[C@@H]2CCCO2)n1. The summed E-state index contributed by atoms with van der Waals surface area (Å²) in [5.74, 6) is 0.321. The average Bonchev–Trinajstić information content (AvgIpc) is 3.07. The van der Waals surface area contributed by atoms with Crippen LogP contribution >= 0.6 is 0 Å². The van der Waals surface area contributed by atoms with E-state index in [1.165, 1.54) is 0 Å². The minimum atomic E-state index is -0.122. The van der Waals surface area contributed by atoms with Gasteiger partial charge < -0.3 is 15.4 Å². The maximum absolute atomic E-state index is 11.9. The fourth-order valence-electron chi connectivity index (χ4n) is 2.83. The van der Waals surface area contributed by atoms with Crippen LogP contribution in [-0.4, -0.2) is 41.1 Å². The van der Waals surface area contributed by atoms with Gasteiger partial charge in [0.05, 0.1) is 17.8 Å². The Labute approximate surface area is 132 Å². The van der Waals surface area contributed by atoms with Crippen LogP contribution in [0.2, 0.25) is 0 Å². The predicted molar refractivity (Wildman–Crippen MR) is 85.8 cm³/mol. The minimum Gasteiger partial charge on any atom is -0.376 e. The van der Waals surface area contributed by atoms with Crippen molar-refractivity contribution >= 4 is 6.03 Å². The van der Waals surface area contributed by atoms with E-state index in [9.17, 15) is 4.79 Å². The van der Waals surface area contributed by atoms with Gasteiger partial charge in [-0.2, -0.15) is 5.10 Å². The van der Waals surface area contributed by atoms with Gasteiger partial charge in [0.2, 0.25) is 0 Å². The van der Waals surface area contributed by atoms with E-state index in [0.717, 1.165) is 37.4 Å². The zero-order valence-electron chi connectivity index (χ0n) is 14.1. The number of carbonyl (C=O) groups is 1. The van der Waals surface area contributed by atoms with Gasteiger partial charge in [0, 0.05) is 25.4 Å². The van der Waals surface area contributed by atoms with E-state index in [1.54, 1.807) is 0 Å². The molecular weight excluding hydrogens is 280 g/mol. The number of aromatic nitrogens is 2. The highest BCUT2D eigenvalue weighted by Gasteiger charge is 2.23. The van der Waals surface area contributed by atoms with Crippen LogP contribution in [0.3, 0.4) is 0 Å². The van der Waals surface area contributed by atoms with E-state index < -0.39 is 0 Å². The van der Waals surface area contributed by atoms with Crippen LogP contribution in [0, 0.1) is 19.8 Å². The zero-order valence-corrected chi connectivity index (χ0v) is 14.1. The van der Waals surface area contributed by atoms with Crippen molar-refractivity contribution in [2.45, 2.75) is 59.2 Å². The summed E-state index contributed by atoms with van der Waals surface area (Å²) < 4.78 is 7.58. The van der Waals surface area contributed by atoms with Crippen LogP contribution in [0.25, 0.3) is 0 Å². The summed E-state index contributed by atoms with van der Waals surface area (Å²) in [7, 11) is 0. The summed E-state index contributed by atoms with van der Waals surface area (Å²) in [4.78, 5) is 11.9. The minimum absolute atomic E-state index is 0.0498. The lowest BCUT2D eigenvalue weighted by Gasteiger charge is -2.21. The van der Waals surface area contributed by atoms with Crippen LogP contribution in [0.5, 0.6) is 0 Å². The van der Waals surface area contributed by atoms with Gasteiger partial charge in [0.25, 0.3) is 0 Å². The molecule has 1 fully saturated rings. The molecule has 124 valence electrons. The van der Waals surface area contributed by atoms with Crippen LogP contribution in [0.15, 0.2) is 6.07 Å². The largest absolute Gasteiger partial charge is 0.376 e. The van der Waals surface area contributed by atoms with Crippen molar-refractivity contribution in [1.29, 1.82) is 0 Å². The molecule has 1 saturated heterocycles. The molecular formula is C16H28N4O2. The standard InChI is InChI=1S/C16H28N4O2/c1-11(10-20-13(3)8-12(2)19-20)9-17-16(21)18-14(4)15-6-5-7-22-15/h8,11,14-15H,5-7,9-10H2,1-4H3,(H2,17,18,21)/t11-,14-,15+/m1/s1. The molecule has 2 heterocycles. The molecule has 0 saturated carbocycles. The monoisotopic (exact) mass is 308 g/mol. The van der Waals surface area contributed by atoms with Crippen LogP contribution in [0.4, 0.5) is 4.79 Å². The van der Waals surface area contributed by atoms with Gasteiger partial charge >= 0.3 is 6.03 Å². The van der Waals surface area contributed by atoms with Gasteiger partial charge in [0.15, 0.2) is 0 Å². The second kappa shape index (κ2) is 7.63. The van der Waals surface area contributed by atoms with Crippen molar-refractivity contribution in [3.63, 3.8) is 0 Å². The third kappa shape index (κ3) is 4.73. The van der Waals surface area contributed by atoms with Crippen LogP contribution in [-0.2, 0) is 11.3 Å². The first-order chi connectivity index (χ1) is 10.5. The first kappa shape index (κ1) is 16.8. The maximum Gasteiger partial charge on any atom is 0.315 e. The highest BCUT2D eigenvalue weighted by molar-refractivity contribution is 5.74. The molecule has 0 unspecified atom stereocenters. The number of nitrogens with zero attached hydrogens (tertiary/aromatic N) is 2. The Bertz CT molecular complexity index is 494. The summed E-state index contributed by atoms with van der Waals surface area (Å²) in [6.45, 7) is 10.4. The Hall–Kier alpha value is -1.56. The molecule has 0 aliphatic carbocycles. The lowest BCUT2D eigenvalue weighted by molar-refractivity contribution is 0.0859. The molecule has 1 aliphatic rings. The summed E-state index contributed by atoms with van der Waals surface area (Å²) >= 11 is 0. The van der Waals surface area contributed by atoms with E-state index in [4.69, 9.17) is 4.74 Å². The maximum atomic E-state index is 11.9. The fourth-order valence-corrected chi connectivity index (χ4v) is 2.83. The second-order valence-corrected chi connectivity index (χ2v) is 6.41. The van der Waals surface area contributed by atoms with Gasteiger partial charge in [-0.1, -0.05) is 6.92 Å². The number of carbonyl (C=O) groups excluding carboxylic acids is 1. The van der Waals surface area contributed by atoms with Crippen molar-refractivity contribution in [3.8, 4) is 0 Å². The van der Waals surface area contributed by atoms with Gasteiger partial charge in [-0.3, -0.25) is 4.68 Å². The number of amides is 2. The van der Waals surface area contributed by atoms with Crippen molar-refractivity contribution in [3.05, 3.63) is 17.5 Å². The van der Waals surface area contributed by atoms with Gasteiger partial charge in [-0.05, 0) is 45.6 Å². The summed E-state index contributed by atoms with van der Waals surface area (Å²) in [6.07, 6.45) is 2.26. The normalized spacial score (nSPS) is 20.6. The molecule has 0 bridgehead atoms. The Morgan fingerprint density at radius 1 is 1.50 bits per heavy atom. The van der Waals surface area contributed by atoms with E-state index in [2.05, 4.69) is 35.6 Å². The second-order valence-electron chi connectivity index (χ2n) is 6.41. The average molecular weight is 308 g/mol. The predicted octanol–water partition coefficient (Wildman–Crippen LogP) is 2.00. The quantitative estimate of drug-likeness (QED) is 0.844. The molecule has 0 spiro atoms. The van der Waals surface area contributed by atoms with Crippen LogP contribution < -0.4 is 10.6 Å². The van der Waals surface area contributed by atoms with E-state index in [-0.39, 0.29) is 18.2 Å². The zero-order chi connectivity index (χ0) is 16.1. The van der Waals surface area contributed by atoms with Gasteiger partial charge in [0.1, 0.15) is 0 Å². The van der Waals surface area contributed by atoms with Crippen molar-refractivity contribution in [2.75, 3.05) is 13.2 Å². The molecule has 2 rings (SSSR count). The van der Waals surface area contributed by atoms with Gasteiger partial charge in [-0.15, -0.1) is 0 Å². The molecule has 1 aromatic rings. The number of hydrogen-bond donors (Lipinski definition) is 2.